The topological polar surface area (TPSA) is 62.5 Å². The minimum absolute atomic E-state index is 0.00292. The lowest BCUT2D eigenvalue weighted by atomic mass is 9.95. The van der Waals surface area contributed by atoms with Gasteiger partial charge in [0.2, 0.25) is 5.91 Å². The fraction of sp³-hybridized carbons (Fsp3) is 0.688. The molecule has 4 nitrogen and oxygen atoms in total. The standard InChI is InChI=1S/C16H27NO3/c1-6-13(7-2)9-15(18)17-10-16(5,19)14-8-11(3)20-12(14)4/h8,13,19H,6-7,9-10H2,1-5H3,(H,17,18). The average Bonchev–Trinajstić information content (AvgIpc) is 2.73. The van der Waals surface area contributed by atoms with E-state index in [9.17, 15) is 9.90 Å². The number of furan rings is 1. The van der Waals surface area contributed by atoms with Crippen LogP contribution in [-0.2, 0) is 10.4 Å². The molecule has 1 rings (SSSR count). The largest absolute Gasteiger partial charge is 0.466 e. The molecule has 114 valence electrons. The van der Waals surface area contributed by atoms with Gasteiger partial charge in [-0.25, -0.2) is 0 Å². The molecular weight excluding hydrogens is 254 g/mol. The molecule has 0 saturated heterocycles. The van der Waals surface area contributed by atoms with E-state index in [1.807, 2.05) is 19.9 Å². The first-order chi connectivity index (χ1) is 9.30. The number of carbonyl (C=O) groups is 1. The zero-order chi connectivity index (χ0) is 15.3. The van der Waals surface area contributed by atoms with Crippen molar-refractivity contribution in [1.82, 2.24) is 5.32 Å². The van der Waals surface area contributed by atoms with Crippen molar-refractivity contribution in [3.63, 3.8) is 0 Å². The third kappa shape index (κ3) is 4.37. The number of aliphatic hydroxyl groups is 1. The molecule has 20 heavy (non-hydrogen) atoms. The molecule has 0 aliphatic heterocycles. The van der Waals surface area contributed by atoms with Gasteiger partial charge in [-0.3, -0.25) is 4.79 Å². The molecule has 1 unspecified atom stereocenters. The second-order valence-corrected chi connectivity index (χ2v) is 5.76. The number of aryl methyl sites for hydroxylation is 2. The molecule has 1 amide bonds. The maximum atomic E-state index is 11.9. The summed E-state index contributed by atoms with van der Waals surface area (Å²) in [5.74, 6) is 1.87. The molecule has 0 fully saturated rings. The van der Waals surface area contributed by atoms with Gasteiger partial charge in [0.25, 0.3) is 0 Å². The lowest BCUT2D eigenvalue weighted by Gasteiger charge is -2.24. The number of rotatable bonds is 7. The fourth-order valence-corrected chi connectivity index (χ4v) is 2.44. The summed E-state index contributed by atoms with van der Waals surface area (Å²) in [5, 5.41) is 13.3. The summed E-state index contributed by atoms with van der Waals surface area (Å²) in [5.41, 5.74) is -0.372. The van der Waals surface area contributed by atoms with Crippen LogP contribution in [0, 0.1) is 19.8 Å². The van der Waals surface area contributed by atoms with Crippen molar-refractivity contribution in [3.05, 3.63) is 23.2 Å². The van der Waals surface area contributed by atoms with E-state index < -0.39 is 5.60 Å². The number of hydrogen-bond donors (Lipinski definition) is 2. The normalized spacial score (nSPS) is 14.3. The number of carbonyl (C=O) groups excluding carboxylic acids is 1. The van der Waals surface area contributed by atoms with Gasteiger partial charge in [-0.2, -0.15) is 0 Å². The van der Waals surface area contributed by atoms with Gasteiger partial charge in [0.15, 0.2) is 0 Å². The monoisotopic (exact) mass is 281 g/mol. The lowest BCUT2D eigenvalue weighted by Crippen LogP contribution is -2.39. The van der Waals surface area contributed by atoms with Gasteiger partial charge in [-0.15, -0.1) is 0 Å². The molecule has 0 radical (unpaired) electrons. The first-order valence-electron chi connectivity index (χ1n) is 7.36. The van der Waals surface area contributed by atoms with Crippen molar-refractivity contribution < 1.29 is 14.3 Å². The summed E-state index contributed by atoms with van der Waals surface area (Å²) in [4.78, 5) is 11.9. The Labute approximate surface area is 121 Å². The van der Waals surface area contributed by atoms with Crippen LogP contribution < -0.4 is 5.32 Å². The van der Waals surface area contributed by atoms with Crippen LogP contribution in [-0.4, -0.2) is 17.6 Å². The smallest absolute Gasteiger partial charge is 0.220 e. The Morgan fingerprint density at radius 1 is 1.40 bits per heavy atom. The van der Waals surface area contributed by atoms with E-state index in [2.05, 4.69) is 19.2 Å². The molecule has 1 aromatic heterocycles. The van der Waals surface area contributed by atoms with Crippen LogP contribution in [0.4, 0.5) is 0 Å². The van der Waals surface area contributed by atoms with E-state index in [1.54, 1.807) is 6.92 Å². The lowest BCUT2D eigenvalue weighted by molar-refractivity contribution is -0.123. The number of nitrogens with one attached hydrogen (secondary N) is 1. The van der Waals surface area contributed by atoms with Crippen LogP contribution in [0.5, 0.6) is 0 Å². The van der Waals surface area contributed by atoms with Gasteiger partial charge in [0.05, 0.1) is 6.54 Å². The van der Waals surface area contributed by atoms with Crippen molar-refractivity contribution >= 4 is 5.91 Å². The maximum Gasteiger partial charge on any atom is 0.220 e. The summed E-state index contributed by atoms with van der Waals surface area (Å²) >= 11 is 0. The van der Waals surface area contributed by atoms with Crippen molar-refractivity contribution in [2.24, 2.45) is 5.92 Å². The second-order valence-electron chi connectivity index (χ2n) is 5.76. The van der Waals surface area contributed by atoms with Gasteiger partial charge < -0.3 is 14.8 Å². The highest BCUT2D eigenvalue weighted by Crippen LogP contribution is 2.26. The van der Waals surface area contributed by atoms with Crippen LogP contribution in [0.2, 0.25) is 0 Å². The minimum atomic E-state index is -1.11. The van der Waals surface area contributed by atoms with Crippen LogP contribution >= 0.6 is 0 Å². The Morgan fingerprint density at radius 2 is 2.00 bits per heavy atom. The molecule has 2 N–H and O–H groups in total. The third-order valence-corrected chi connectivity index (χ3v) is 3.88. The molecule has 1 heterocycles. The Hall–Kier alpha value is -1.29. The van der Waals surface area contributed by atoms with Gasteiger partial charge >= 0.3 is 0 Å². The van der Waals surface area contributed by atoms with E-state index in [-0.39, 0.29) is 12.5 Å². The van der Waals surface area contributed by atoms with Crippen LogP contribution in [0.15, 0.2) is 10.5 Å². The summed E-state index contributed by atoms with van der Waals surface area (Å²) in [6.45, 7) is 9.75. The van der Waals surface area contributed by atoms with E-state index >= 15 is 0 Å². The molecule has 0 bridgehead atoms. The SMILES string of the molecule is CCC(CC)CC(=O)NCC(C)(O)c1cc(C)oc1C. The first kappa shape index (κ1) is 16.8. The highest BCUT2D eigenvalue weighted by molar-refractivity contribution is 5.76. The van der Waals surface area contributed by atoms with E-state index in [0.29, 0.717) is 18.1 Å². The number of hydrogen-bond acceptors (Lipinski definition) is 3. The first-order valence-corrected chi connectivity index (χ1v) is 7.36. The molecule has 0 aliphatic rings. The number of amides is 1. The van der Waals surface area contributed by atoms with Gasteiger partial charge in [0, 0.05) is 12.0 Å². The Morgan fingerprint density at radius 3 is 2.45 bits per heavy atom. The molecule has 1 aromatic rings. The second kappa shape index (κ2) is 6.93. The summed E-state index contributed by atoms with van der Waals surface area (Å²) in [6.07, 6.45) is 2.52. The average molecular weight is 281 g/mol. The molecule has 0 aromatic carbocycles. The van der Waals surface area contributed by atoms with Crippen molar-refractivity contribution in [3.8, 4) is 0 Å². The Kier molecular flexibility index (Phi) is 5.81. The molecule has 0 aliphatic carbocycles. The van der Waals surface area contributed by atoms with Crippen LogP contribution in [0.25, 0.3) is 0 Å². The maximum absolute atomic E-state index is 11.9. The predicted molar refractivity (Wildman–Crippen MR) is 79.5 cm³/mol. The molecule has 1 atom stereocenters. The quantitative estimate of drug-likeness (QED) is 0.807. The van der Waals surface area contributed by atoms with Crippen LogP contribution in [0.1, 0.15) is 57.1 Å². The Bertz CT molecular complexity index is 445. The van der Waals surface area contributed by atoms with Crippen molar-refractivity contribution in [1.29, 1.82) is 0 Å². The van der Waals surface area contributed by atoms with Gasteiger partial charge in [-0.05, 0) is 32.8 Å². The van der Waals surface area contributed by atoms with Gasteiger partial charge in [0.1, 0.15) is 17.1 Å². The van der Waals surface area contributed by atoms with Gasteiger partial charge in [-0.1, -0.05) is 26.7 Å². The van der Waals surface area contributed by atoms with Crippen molar-refractivity contribution in [2.45, 2.75) is 59.5 Å². The highest BCUT2D eigenvalue weighted by Gasteiger charge is 2.28. The zero-order valence-electron chi connectivity index (χ0n) is 13.2. The summed E-state index contributed by atoms with van der Waals surface area (Å²) in [7, 11) is 0. The molecule has 4 heteroatoms. The minimum Gasteiger partial charge on any atom is -0.466 e. The van der Waals surface area contributed by atoms with Crippen LogP contribution in [0.3, 0.4) is 0 Å². The molecular formula is C16H27NO3. The van der Waals surface area contributed by atoms with E-state index in [4.69, 9.17) is 4.42 Å². The van der Waals surface area contributed by atoms with E-state index in [0.717, 1.165) is 24.2 Å². The summed E-state index contributed by atoms with van der Waals surface area (Å²) in [6, 6.07) is 1.82. The molecule has 0 spiro atoms. The van der Waals surface area contributed by atoms with E-state index in [1.165, 1.54) is 0 Å². The Balaban J connectivity index is 2.59. The predicted octanol–water partition coefficient (Wildman–Crippen LogP) is 3.05. The van der Waals surface area contributed by atoms with Crippen molar-refractivity contribution in [2.75, 3.05) is 6.54 Å². The zero-order valence-corrected chi connectivity index (χ0v) is 13.2. The molecule has 0 saturated carbocycles. The summed E-state index contributed by atoms with van der Waals surface area (Å²) < 4.78 is 5.43. The fourth-order valence-electron chi connectivity index (χ4n) is 2.44. The third-order valence-electron chi connectivity index (χ3n) is 3.88. The highest BCUT2D eigenvalue weighted by atomic mass is 16.3.